The highest BCUT2D eigenvalue weighted by molar-refractivity contribution is 7.92. The van der Waals surface area contributed by atoms with Crippen molar-refractivity contribution in [1.82, 2.24) is 4.98 Å². The van der Waals surface area contributed by atoms with Crippen molar-refractivity contribution in [2.75, 3.05) is 18.1 Å². The summed E-state index contributed by atoms with van der Waals surface area (Å²) in [6, 6.07) is 0. The first kappa shape index (κ1) is 9.47. The predicted octanol–water partition coefficient (Wildman–Crippen LogP) is 0.978. The second kappa shape index (κ2) is 3.40. The zero-order valence-corrected chi connectivity index (χ0v) is 8.50. The number of nitrogens with one attached hydrogen (secondary N) is 1. The Hall–Kier alpha value is -0.620. The molecule has 0 fully saturated rings. The Morgan fingerprint density at radius 1 is 1.67 bits per heavy atom. The second-order valence-electron chi connectivity index (χ2n) is 2.29. The van der Waals surface area contributed by atoms with Crippen LogP contribution in [0.4, 0.5) is 5.00 Å². The van der Waals surface area contributed by atoms with E-state index < -0.39 is 9.84 Å². The third-order valence-corrected chi connectivity index (χ3v) is 3.80. The minimum absolute atomic E-state index is 0.165. The molecule has 0 amide bonds. The number of sulfone groups is 1. The Bertz CT molecular complexity index is 355. The van der Waals surface area contributed by atoms with E-state index in [1.54, 1.807) is 0 Å². The third-order valence-electron chi connectivity index (χ3n) is 1.15. The van der Waals surface area contributed by atoms with Crippen molar-refractivity contribution in [3.63, 3.8) is 0 Å². The van der Waals surface area contributed by atoms with E-state index in [0.29, 0.717) is 0 Å². The molecule has 1 aromatic heterocycles. The molecule has 1 aromatic rings. The Kier molecular flexibility index (Phi) is 2.69. The minimum atomic E-state index is -3.13. The molecule has 0 aromatic carbocycles. The summed E-state index contributed by atoms with van der Waals surface area (Å²) in [6.07, 6.45) is 2.69. The highest BCUT2D eigenvalue weighted by Gasteiger charge is 2.11. The highest BCUT2D eigenvalue weighted by atomic mass is 32.2. The summed E-state index contributed by atoms with van der Waals surface area (Å²) in [6.45, 7) is 2.71. The summed E-state index contributed by atoms with van der Waals surface area (Å²) in [4.78, 5) is 3.77. The average Bonchev–Trinajstić information content (AvgIpc) is 2.35. The smallest absolute Gasteiger partial charge is 0.210 e. The Morgan fingerprint density at radius 3 is 2.75 bits per heavy atom. The van der Waals surface area contributed by atoms with Crippen LogP contribution < -0.4 is 5.32 Å². The topological polar surface area (TPSA) is 59.1 Å². The number of hydrogen-bond donors (Lipinski definition) is 1. The van der Waals surface area contributed by atoms with Gasteiger partial charge in [-0.1, -0.05) is 11.3 Å². The maximum Gasteiger partial charge on any atom is 0.210 e. The van der Waals surface area contributed by atoms with E-state index in [2.05, 4.69) is 10.3 Å². The number of nitrogens with zero attached hydrogens (tertiary/aromatic N) is 1. The van der Waals surface area contributed by atoms with Gasteiger partial charge < -0.3 is 5.32 Å². The van der Waals surface area contributed by atoms with E-state index in [4.69, 9.17) is 0 Å². The minimum Gasteiger partial charge on any atom is -0.376 e. The van der Waals surface area contributed by atoms with Crippen LogP contribution in [0.2, 0.25) is 0 Å². The molecule has 0 saturated carbocycles. The van der Waals surface area contributed by atoms with Gasteiger partial charge in [-0.15, -0.1) is 0 Å². The molecular formula is C6H10N2O2S2. The summed E-state index contributed by atoms with van der Waals surface area (Å²) >= 11 is 1.15. The van der Waals surface area contributed by atoms with Gasteiger partial charge >= 0.3 is 0 Å². The van der Waals surface area contributed by atoms with E-state index in [1.807, 2.05) is 6.92 Å². The fraction of sp³-hybridized carbons (Fsp3) is 0.500. The molecule has 68 valence electrons. The molecule has 0 radical (unpaired) electrons. The van der Waals surface area contributed by atoms with Gasteiger partial charge in [-0.2, -0.15) is 0 Å². The van der Waals surface area contributed by atoms with Gasteiger partial charge in [-0.05, 0) is 6.92 Å². The van der Waals surface area contributed by atoms with Crippen LogP contribution in [-0.2, 0) is 9.84 Å². The fourth-order valence-corrected chi connectivity index (χ4v) is 2.42. The van der Waals surface area contributed by atoms with Crippen LogP contribution in [0.25, 0.3) is 0 Å². The Balaban J connectivity index is 2.92. The summed E-state index contributed by atoms with van der Waals surface area (Å²) < 4.78 is 22.1. The maximum atomic E-state index is 11.0. The molecule has 0 saturated heterocycles. The Labute approximate surface area is 75.6 Å². The molecule has 1 rings (SSSR count). The third kappa shape index (κ3) is 2.18. The lowest BCUT2D eigenvalue weighted by Gasteiger charge is -1.93. The van der Waals surface area contributed by atoms with Crippen LogP contribution in [-0.4, -0.2) is 26.2 Å². The number of aromatic nitrogens is 1. The lowest BCUT2D eigenvalue weighted by molar-refractivity contribution is 0.601. The number of anilines is 1. The predicted molar refractivity (Wildman–Crippen MR) is 49.4 cm³/mol. The van der Waals surface area contributed by atoms with Gasteiger partial charge in [0.2, 0.25) is 14.2 Å². The van der Waals surface area contributed by atoms with E-state index >= 15 is 0 Å². The van der Waals surface area contributed by atoms with Crippen LogP contribution in [0.15, 0.2) is 10.5 Å². The molecular weight excluding hydrogens is 196 g/mol. The molecule has 0 unspecified atom stereocenters. The fourth-order valence-electron chi connectivity index (χ4n) is 0.685. The zero-order valence-electron chi connectivity index (χ0n) is 6.86. The average molecular weight is 206 g/mol. The standard InChI is InChI=1S/C6H10N2O2S2/c1-3-7-5-4-8-6(11-5)12(2,9)10/h4,7H,3H2,1-2H3. The van der Waals surface area contributed by atoms with Crippen molar-refractivity contribution in [3.05, 3.63) is 6.20 Å². The van der Waals surface area contributed by atoms with Gasteiger partial charge in [0.15, 0.2) is 0 Å². The number of hydrogen-bond acceptors (Lipinski definition) is 5. The summed E-state index contributed by atoms with van der Waals surface area (Å²) in [5.74, 6) is 0. The SMILES string of the molecule is CCNc1cnc(S(C)(=O)=O)s1. The molecule has 0 aliphatic heterocycles. The number of thiazole rings is 1. The van der Waals surface area contributed by atoms with E-state index in [1.165, 1.54) is 6.20 Å². The molecule has 4 nitrogen and oxygen atoms in total. The lowest BCUT2D eigenvalue weighted by atomic mass is 10.7. The van der Waals surface area contributed by atoms with Crippen molar-refractivity contribution in [2.45, 2.75) is 11.3 Å². The normalized spacial score (nSPS) is 11.5. The quantitative estimate of drug-likeness (QED) is 0.801. The molecule has 0 spiro atoms. The van der Waals surface area contributed by atoms with Gasteiger partial charge in [-0.25, -0.2) is 13.4 Å². The first-order chi connectivity index (χ1) is 5.54. The van der Waals surface area contributed by atoms with Gasteiger partial charge in [0, 0.05) is 12.8 Å². The highest BCUT2D eigenvalue weighted by Crippen LogP contribution is 2.21. The van der Waals surface area contributed by atoms with Gasteiger partial charge in [0.05, 0.1) is 6.20 Å². The molecule has 0 bridgehead atoms. The molecule has 6 heteroatoms. The maximum absolute atomic E-state index is 11.0. The molecule has 1 heterocycles. The van der Waals surface area contributed by atoms with E-state index in [9.17, 15) is 8.42 Å². The summed E-state index contributed by atoms with van der Waals surface area (Å²) in [5.41, 5.74) is 0. The van der Waals surface area contributed by atoms with Crippen LogP contribution in [0.5, 0.6) is 0 Å². The van der Waals surface area contributed by atoms with E-state index in [-0.39, 0.29) is 4.34 Å². The van der Waals surface area contributed by atoms with Crippen molar-refractivity contribution in [2.24, 2.45) is 0 Å². The van der Waals surface area contributed by atoms with Crippen molar-refractivity contribution in [3.8, 4) is 0 Å². The number of rotatable bonds is 3. The largest absolute Gasteiger partial charge is 0.376 e. The van der Waals surface area contributed by atoms with Crippen molar-refractivity contribution >= 4 is 26.2 Å². The van der Waals surface area contributed by atoms with E-state index in [0.717, 1.165) is 29.1 Å². The lowest BCUT2D eigenvalue weighted by Crippen LogP contribution is -1.94. The van der Waals surface area contributed by atoms with Crippen molar-refractivity contribution < 1.29 is 8.42 Å². The Morgan fingerprint density at radius 2 is 2.33 bits per heavy atom. The van der Waals surface area contributed by atoms with Crippen LogP contribution in [0.3, 0.4) is 0 Å². The summed E-state index contributed by atoms with van der Waals surface area (Å²) in [7, 11) is -3.13. The molecule has 0 aliphatic rings. The van der Waals surface area contributed by atoms with Gasteiger partial charge in [0.1, 0.15) is 5.00 Å². The molecule has 0 atom stereocenters. The molecule has 1 N–H and O–H groups in total. The van der Waals surface area contributed by atoms with Gasteiger partial charge in [-0.3, -0.25) is 0 Å². The van der Waals surface area contributed by atoms with Gasteiger partial charge in [0.25, 0.3) is 0 Å². The first-order valence-corrected chi connectivity index (χ1v) is 6.14. The second-order valence-corrected chi connectivity index (χ2v) is 5.51. The zero-order chi connectivity index (χ0) is 9.19. The monoisotopic (exact) mass is 206 g/mol. The summed E-state index contributed by atoms with van der Waals surface area (Å²) in [5, 5.41) is 3.78. The van der Waals surface area contributed by atoms with Crippen LogP contribution >= 0.6 is 11.3 Å². The van der Waals surface area contributed by atoms with Crippen LogP contribution in [0, 0.1) is 0 Å². The van der Waals surface area contributed by atoms with Crippen LogP contribution in [0.1, 0.15) is 6.92 Å². The molecule has 0 aliphatic carbocycles. The first-order valence-electron chi connectivity index (χ1n) is 3.44. The van der Waals surface area contributed by atoms with Crippen molar-refractivity contribution in [1.29, 1.82) is 0 Å². The molecule has 12 heavy (non-hydrogen) atoms.